The van der Waals surface area contributed by atoms with Crippen LogP contribution in [0.5, 0.6) is 0 Å². The van der Waals surface area contributed by atoms with Gasteiger partial charge in [-0.1, -0.05) is 12.2 Å². The quantitative estimate of drug-likeness (QED) is 0.167. The molecule has 0 saturated carbocycles. The lowest BCUT2D eigenvalue weighted by Crippen LogP contribution is -2.68. The Kier molecular flexibility index (Phi) is 12.7. The minimum atomic E-state index is -1.97. The molecule has 11 atom stereocenters. The second-order valence-corrected chi connectivity index (χ2v) is 13.9. The fraction of sp³-hybridized carbons (Fsp3) is 0.765. The van der Waals surface area contributed by atoms with E-state index in [4.69, 9.17) is 52.1 Å². The van der Waals surface area contributed by atoms with Crippen LogP contribution in [0.25, 0.3) is 0 Å². The van der Waals surface area contributed by atoms with Crippen molar-refractivity contribution in [3.05, 3.63) is 12.2 Å². The zero-order valence-electron chi connectivity index (χ0n) is 31.0. The summed E-state index contributed by atoms with van der Waals surface area (Å²) < 4.78 is 64.2. The molecule has 52 heavy (non-hydrogen) atoms. The standard InChI is InChI=1S/C34H49NO17/c1-16(36)35-24-22(44-18(3)38)14-34(31(41)42-10,51-27(24)25(46-20(5)40)23(45-19(4)39)15-43-17(2)37)13-11-12-21-26-28(49-32(6,7)48-26)29-30(47-21)52-33(8,9)50-29/h11-12,21-30H,13-15H2,1-10H3,(H,35,36)/b12-11+/t21-,22+,23-,24-,25-,26+,27-,28+,29-,30-,34-/m1/s1. The monoisotopic (exact) mass is 743 g/mol. The minimum Gasteiger partial charge on any atom is -0.467 e. The molecule has 4 aliphatic heterocycles. The third-order valence-corrected chi connectivity index (χ3v) is 8.62. The van der Waals surface area contributed by atoms with Crippen LogP contribution in [0.15, 0.2) is 12.2 Å². The van der Waals surface area contributed by atoms with Crippen molar-refractivity contribution in [3.63, 3.8) is 0 Å². The van der Waals surface area contributed by atoms with Gasteiger partial charge in [0.15, 0.2) is 35.7 Å². The number of carbonyl (C=O) groups is 6. The van der Waals surface area contributed by atoms with Gasteiger partial charge in [-0.15, -0.1) is 0 Å². The first-order chi connectivity index (χ1) is 24.2. The van der Waals surface area contributed by atoms with Crippen LogP contribution < -0.4 is 5.32 Å². The summed E-state index contributed by atoms with van der Waals surface area (Å²) in [5, 5.41) is 2.65. The van der Waals surface area contributed by atoms with E-state index in [1.165, 1.54) is 6.92 Å². The van der Waals surface area contributed by atoms with Crippen molar-refractivity contribution in [2.45, 2.75) is 153 Å². The van der Waals surface area contributed by atoms with Gasteiger partial charge < -0.3 is 57.4 Å². The highest BCUT2D eigenvalue weighted by Gasteiger charge is 2.61. The van der Waals surface area contributed by atoms with E-state index in [0.717, 1.165) is 34.8 Å². The molecule has 4 saturated heterocycles. The van der Waals surface area contributed by atoms with Crippen LogP contribution >= 0.6 is 0 Å². The lowest BCUT2D eigenvalue weighted by Gasteiger charge is -2.49. The van der Waals surface area contributed by atoms with Crippen LogP contribution in [-0.2, 0) is 80.9 Å². The molecule has 0 aromatic carbocycles. The second kappa shape index (κ2) is 16.1. The molecular formula is C34H49NO17. The Morgan fingerprint density at radius 1 is 0.788 bits per heavy atom. The molecular weight excluding hydrogens is 694 g/mol. The smallest absolute Gasteiger partial charge is 0.338 e. The van der Waals surface area contributed by atoms with E-state index in [0.29, 0.717) is 0 Å². The largest absolute Gasteiger partial charge is 0.467 e. The van der Waals surface area contributed by atoms with Crippen LogP contribution in [0.3, 0.4) is 0 Å². The van der Waals surface area contributed by atoms with E-state index < -0.39 is 121 Å². The maximum Gasteiger partial charge on any atom is 0.338 e. The summed E-state index contributed by atoms with van der Waals surface area (Å²) in [6.45, 7) is 12.0. The summed E-state index contributed by atoms with van der Waals surface area (Å²) in [5.74, 6) is -6.67. The van der Waals surface area contributed by atoms with Crippen molar-refractivity contribution in [2.24, 2.45) is 0 Å². The normalized spacial score (nSPS) is 34.2. The van der Waals surface area contributed by atoms with Gasteiger partial charge in [0.05, 0.1) is 13.2 Å². The number of carbonyl (C=O) groups excluding carboxylic acids is 6. The molecule has 4 fully saturated rings. The maximum absolute atomic E-state index is 13.8. The minimum absolute atomic E-state index is 0.242. The predicted octanol–water partition coefficient (Wildman–Crippen LogP) is 0.893. The highest BCUT2D eigenvalue weighted by molar-refractivity contribution is 5.80. The van der Waals surface area contributed by atoms with Gasteiger partial charge >= 0.3 is 29.8 Å². The third kappa shape index (κ3) is 9.84. The molecule has 0 aromatic rings. The average Bonchev–Trinajstić information content (AvgIpc) is 3.51. The van der Waals surface area contributed by atoms with Gasteiger partial charge in [-0.3, -0.25) is 24.0 Å². The maximum atomic E-state index is 13.8. The molecule has 4 rings (SSSR count). The number of methoxy groups -OCH3 is 1. The van der Waals surface area contributed by atoms with Crippen molar-refractivity contribution in [1.29, 1.82) is 0 Å². The number of hydrogen-bond acceptors (Lipinski definition) is 17. The number of fused-ring (bicyclic) bond motifs is 3. The summed E-state index contributed by atoms with van der Waals surface area (Å²) in [7, 11) is 1.12. The molecule has 4 aliphatic rings. The molecule has 0 bridgehead atoms. The average molecular weight is 744 g/mol. The molecule has 0 aliphatic carbocycles. The Morgan fingerprint density at radius 3 is 1.98 bits per heavy atom. The molecule has 18 nitrogen and oxygen atoms in total. The second-order valence-electron chi connectivity index (χ2n) is 13.9. The van der Waals surface area contributed by atoms with E-state index in [9.17, 15) is 28.8 Å². The Morgan fingerprint density at radius 2 is 1.40 bits per heavy atom. The molecule has 4 heterocycles. The van der Waals surface area contributed by atoms with Crippen LogP contribution in [0.4, 0.5) is 0 Å². The SMILES string of the molecule is COC(=O)[C@@]1(C/C=C/[C@H]2O[C@@H]3OC(C)(C)O[C@@H]3[C@H]3OC(C)(C)O[C@H]32)C[C@H](OC(C)=O)[C@@H](NC(C)=O)[C@H]([C@H](OC(C)=O)[C@@H](COC(C)=O)OC(C)=O)O1. The summed E-state index contributed by atoms with van der Waals surface area (Å²) >= 11 is 0. The van der Waals surface area contributed by atoms with Gasteiger partial charge in [0.2, 0.25) is 5.91 Å². The van der Waals surface area contributed by atoms with Gasteiger partial charge in [0, 0.05) is 47.5 Å². The zero-order valence-corrected chi connectivity index (χ0v) is 31.0. The first-order valence-electron chi connectivity index (χ1n) is 16.9. The first kappa shape index (κ1) is 41.1. The van der Waals surface area contributed by atoms with Crippen molar-refractivity contribution in [2.75, 3.05) is 13.7 Å². The third-order valence-electron chi connectivity index (χ3n) is 8.62. The van der Waals surface area contributed by atoms with E-state index >= 15 is 0 Å². The molecule has 1 N–H and O–H groups in total. The predicted molar refractivity (Wildman–Crippen MR) is 171 cm³/mol. The lowest BCUT2D eigenvalue weighted by atomic mass is 9.81. The number of hydrogen-bond donors (Lipinski definition) is 1. The van der Waals surface area contributed by atoms with Gasteiger partial charge in [0.25, 0.3) is 0 Å². The Balaban J connectivity index is 1.76. The summed E-state index contributed by atoms with van der Waals surface area (Å²) in [6.07, 6.45) is -6.71. The molecule has 0 aromatic heterocycles. The molecule has 0 radical (unpaired) electrons. The number of esters is 5. The first-order valence-corrected chi connectivity index (χ1v) is 16.9. The summed E-state index contributed by atoms with van der Waals surface area (Å²) in [6, 6.07) is -1.28. The fourth-order valence-corrected chi connectivity index (χ4v) is 6.93. The van der Waals surface area contributed by atoms with E-state index in [-0.39, 0.29) is 12.8 Å². The Hall–Kier alpha value is -3.68. The summed E-state index contributed by atoms with van der Waals surface area (Å²) in [4.78, 5) is 75.3. The van der Waals surface area contributed by atoms with Gasteiger partial charge in [0.1, 0.15) is 43.2 Å². The van der Waals surface area contributed by atoms with Crippen molar-refractivity contribution in [1.82, 2.24) is 5.32 Å². The highest BCUT2D eigenvalue weighted by atomic mass is 16.9. The molecule has 0 spiro atoms. The fourth-order valence-electron chi connectivity index (χ4n) is 6.93. The number of ether oxygens (including phenoxy) is 11. The highest BCUT2D eigenvalue weighted by Crippen LogP contribution is 2.45. The van der Waals surface area contributed by atoms with Gasteiger partial charge in [-0.2, -0.15) is 0 Å². The number of amides is 1. The van der Waals surface area contributed by atoms with Gasteiger partial charge in [-0.25, -0.2) is 4.79 Å². The van der Waals surface area contributed by atoms with E-state index in [1.807, 2.05) is 0 Å². The molecule has 1 amide bonds. The zero-order chi connectivity index (χ0) is 38.8. The lowest BCUT2D eigenvalue weighted by molar-refractivity contribution is -0.241. The number of rotatable bonds is 12. The number of nitrogens with one attached hydrogen (secondary N) is 1. The van der Waals surface area contributed by atoms with Crippen LogP contribution in [0.1, 0.15) is 75.2 Å². The van der Waals surface area contributed by atoms with Crippen molar-refractivity contribution >= 4 is 35.8 Å². The van der Waals surface area contributed by atoms with Gasteiger partial charge in [-0.05, 0) is 27.7 Å². The Bertz CT molecular complexity index is 1410. The molecule has 18 heteroatoms. The van der Waals surface area contributed by atoms with E-state index in [2.05, 4.69) is 5.32 Å². The van der Waals surface area contributed by atoms with Crippen LogP contribution in [0.2, 0.25) is 0 Å². The topological polar surface area (TPSA) is 216 Å². The van der Waals surface area contributed by atoms with Crippen LogP contribution in [-0.4, -0.2) is 128 Å². The van der Waals surface area contributed by atoms with Crippen molar-refractivity contribution in [3.8, 4) is 0 Å². The Labute approximate surface area is 301 Å². The molecule has 292 valence electrons. The van der Waals surface area contributed by atoms with Crippen molar-refractivity contribution < 1.29 is 80.9 Å². The summed E-state index contributed by atoms with van der Waals surface area (Å²) in [5.41, 5.74) is -1.97. The van der Waals surface area contributed by atoms with Crippen LogP contribution in [0, 0.1) is 0 Å². The van der Waals surface area contributed by atoms with E-state index in [1.54, 1.807) is 39.8 Å². The molecule has 0 unspecified atom stereocenters.